The molecule has 34 heavy (non-hydrogen) atoms. The molecular formula is C24H23N3O6S. The van der Waals surface area contributed by atoms with Crippen molar-refractivity contribution >= 4 is 28.6 Å². The Balaban J connectivity index is 1.94. The first-order valence-corrected chi connectivity index (χ1v) is 10.8. The van der Waals surface area contributed by atoms with Gasteiger partial charge in [0.25, 0.3) is 0 Å². The maximum atomic E-state index is 12.3. The molecule has 0 unspecified atom stereocenters. The third-order valence-corrected chi connectivity index (χ3v) is 5.71. The fraction of sp³-hybridized carbons (Fsp3) is 0.208. The van der Waals surface area contributed by atoms with Crippen molar-refractivity contribution in [1.29, 1.82) is 5.26 Å². The van der Waals surface area contributed by atoms with Gasteiger partial charge in [0.2, 0.25) is 0 Å². The molecule has 1 heterocycles. The van der Waals surface area contributed by atoms with Gasteiger partial charge in [-0.1, -0.05) is 0 Å². The smallest absolute Gasteiger partial charge is 0.340 e. The third kappa shape index (κ3) is 5.05. The van der Waals surface area contributed by atoms with Crippen molar-refractivity contribution in [3.8, 4) is 40.3 Å². The van der Waals surface area contributed by atoms with E-state index in [9.17, 15) is 10.1 Å². The molecule has 0 saturated carbocycles. The molecule has 0 bridgehead atoms. The molecule has 176 valence electrons. The van der Waals surface area contributed by atoms with Gasteiger partial charge in [0.05, 0.1) is 52.5 Å². The van der Waals surface area contributed by atoms with Gasteiger partial charge in [-0.2, -0.15) is 5.26 Å². The van der Waals surface area contributed by atoms with Crippen LogP contribution in [0.3, 0.4) is 0 Å². The van der Waals surface area contributed by atoms with Gasteiger partial charge in [0.1, 0.15) is 16.6 Å². The molecule has 0 atom stereocenters. The minimum atomic E-state index is -0.569. The van der Waals surface area contributed by atoms with Crippen LogP contribution in [0.1, 0.15) is 15.4 Å². The van der Waals surface area contributed by atoms with E-state index in [1.165, 1.54) is 44.9 Å². The third-order valence-electron chi connectivity index (χ3n) is 4.84. The van der Waals surface area contributed by atoms with Crippen LogP contribution in [-0.2, 0) is 4.74 Å². The molecule has 0 fully saturated rings. The number of methoxy groups -OCH3 is 5. The highest BCUT2D eigenvalue weighted by Gasteiger charge is 2.18. The van der Waals surface area contributed by atoms with Crippen molar-refractivity contribution in [1.82, 2.24) is 4.98 Å². The first kappa shape index (κ1) is 24.4. The fourth-order valence-corrected chi connectivity index (χ4v) is 3.89. The van der Waals surface area contributed by atoms with Crippen molar-refractivity contribution in [3.63, 3.8) is 0 Å². The number of aromatic nitrogens is 1. The summed E-state index contributed by atoms with van der Waals surface area (Å²) in [5, 5.41) is 15.1. The van der Waals surface area contributed by atoms with Crippen LogP contribution >= 0.6 is 11.3 Å². The van der Waals surface area contributed by atoms with Crippen molar-refractivity contribution in [2.45, 2.75) is 0 Å². The van der Waals surface area contributed by atoms with Crippen molar-refractivity contribution in [2.24, 2.45) is 0 Å². The summed E-state index contributed by atoms with van der Waals surface area (Å²) in [6.07, 6.45) is 1.48. The summed E-state index contributed by atoms with van der Waals surface area (Å²) in [5.41, 5.74) is 2.39. The molecule has 0 aliphatic heterocycles. The van der Waals surface area contributed by atoms with E-state index in [1.807, 2.05) is 17.5 Å². The number of rotatable bonds is 9. The Morgan fingerprint density at radius 1 is 0.971 bits per heavy atom. The van der Waals surface area contributed by atoms with Crippen molar-refractivity contribution in [2.75, 3.05) is 40.9 Å². The number of esters is 1. The van der Waals surface area contributed by atoms with E-state index < -0.39 is 5.97 Å². The first-order chi connectivity index (χ1) is 16.5. The van der Waals surface area contributed by atoms with Crippen LogP contribution in [0.2, 0.25) is 0 Å². The maximum Gasteiger partial charge on any atom is 0.340 e. The predicted molar refractivity (Wildman–Crippen MR) is 129 cm³/mol. The van der Waals surface area contributed by atoms with E-state index in [-0.39, 0.29) is 11.1 Å². The second-order valence-corrected chi connectivity index (χ2v) is 7.52. The van der Waals surface area contributed by atoms with Gasteiger partial charge in [-0.25, -0.2) is 9.78 Å². The highest BCUT2D eigenvalue weighted by molar-refractivity contribution is 7.11. The minimum absolute atomic E-state index is 0.221. The average molecular weight is 482 g/mol. The number of nitrogens with one attached hydrogen (secondary N) is 1. The second-order valence-electron chi connectivity index (χ2n) is 6.67. The minimum Gasteiger partial charge on any atom is -0.493 e. The predicted octanol–water partition coefficient (Wildman–Crippen LogP) is 4.61. The van der Waals surface area contributed by atoms with Crippen LogP contribution in [0, 0.1) is 11.3 Å². The van der Waals surface area contributed by atoms with Gasteiger partial charge >= 0.3 is 5.97 Å². The van der Waals surface area contributed by atoms with E-state index in [0.717, 1.165) is 5.56 Å². The average Bonchev–Trinajstić information content (AvgIpc) is 3.37. The number of nitrogens with zero attached hydrogens (tertiary/aromatic N) is 2. The summed E-state index contributed by atoms with van der Waals surface area (Å²) < 4.78 is 26.1. The number of allylic oxidation sites excluding steroid dienone is 1. The molecule has 1 aromatic heterocycles. The summed E-state index contributed by atoms with van der Waals surface area (Å²) >= 11 is 1.31. The molecule has 2 aromatic carbocycles. The molecule has 0 spiro atoms. The lowest BCUT2D eigenvalue weighted by Gasteiger charge is -2.13. The summed E-state index contributed by atoms with van der Waals surface area (Å²) in [5.74, 6) is 1.41. The van der Waals surface area contributed by atoms with Gasteiger partial charge in [0.15, 0.2) is 23.0 Å². The second kappa shape index (κ2) is 11.1. The Morgan fingerprint density at radius 3 is 2.24 bits per heavy atom. The van der Waals surface area contributed by atoms with Crippen molar-refractivity contribution in [3.05, 3.63) is 52.5 Å². The molecular weight excluding hydrogens is 458 g/mol. The molecule has 0 aliphatic rings. The molecule has 3 aromatic rings. The van der Waals surface area contributed by atoms with Gasteiger partial charge < -0.3 is 29.0 Å². The zero-order valence-electron chi connectivity index (χ0n) is 19.3. The first-order valence-electron chi connectivity index (χ1n) is 9.89. The van der Waals surface area contributed by atoms with E-state index in [4.69, 9.17) is 23.7 Å². The number of carbonyl (C=O) groups excluding carboxylic acids is 1. The zero-order chi connectivity index (χ0) is 24.7. The Morgan fingerprint density at radius 2 is 1.62 bits per heavy atom. The van der Waals surface area contributed by atoms with E-state index in [2.05, 4.69) is 16.4 Å². The number of hydrogen-bond donors (Lipinski definition) is 1. The van der Waals surface area contributed by atoms with Crippen LogP contribution in [0.5, 0.6) is 23.0 Å². The molecule has 1 N–H and O–H groups in total. The lowest BCUT2D eigenvalue weighted by atomic mass is 10.1. The maximum absolute atomic E-state index is 12.3. The molecule has 0 radical (unpaired) electrons. The van der Waals surface area contributed by atoms with Gasteiger partial charge in [-0.3, -0.25) is 0 Å². The molecule has 3 rings (SSSR count). The number of benzene rings is 2. The van der Waals surface area contributed by atoms with E-state index in [1.54, 1.807) is 26.4 Å². The summed E-state index contributed by atoms with van der Waals surface area (Å²) in [6.45, 7) is 0. The van der Waals surface area contributed by atoms with Gasteiger partial charge in [-0.15, -0.1) is 11.3 Å². The quantitative estimate of drug-likeness (QED) is 0.346. The Labute approximate surface area is 201 Å². The number of thiazole rings is 1. The number of ether oxygens (including phenoxy) is 5. The zero-order valence-corrected chi connectivity index (χ0v) is 20.1. The molecule has 10 heteroatoms. The summed E-state index contributed by atoms with van der Waals surface area (Å²) in [4.78, 5) is 16.9. The number of nitriles is 1. The Hall–Kier alpha value is -4.23. The largest absolute Gasteiger partial charge is 0.493 e. The van der Waals surface area contributed by atoms with Crippen LogP contribution in [0.15, 0.2) is 41.9 Å². The Kier molecular flexibility index (Phi) is 7.95. The Bertz CT molecular complexity index is 1260. The number of hydrogen-bond acceptors (Lipinski definition) is 10. The standard InChI is InChI=1S/C24H23N3O6S/c1-29-19-7-6-14(8-20(19)30-2)18-13-34-23(27-18)15(11-25)12-26-17-10-22(32-4)21(31-3)9-16(17)24(28)33-5/h6-10,12-13,26H,1-5H3. The molecule has 0 amide bonds. The lowest BCUT2D eigenvalue weighted by molar-refractivity contribution is 0.0601. The van der Waals surface area contributed by atoms with Gasteiger partial charge in [0, 0.05) is 29.3 Å². The number of anilines is 1. The van der Waals surface area contributed by atoms with Crippen molar-refractivity contribution < 1.29 is 28.5 Å². The fourth-order valence-electron chi connectivity index (χ4n) is 3.09. The highest BCUT2D eigenvalue weighted by atomic mass is 32.1. The van der Waals surface area contributed by atoms with Crippen LogP contribution in [-0.4, -0.2) is 46.5 Å². The molecule has 0 aliphatic carbocycles. The van der Waals surface area contributed by atoms with E-state index in [0.29, 0.717) is 39.4 Å². The number of carbonyl (C=O) groups is 1. The molecule has 0 saturated heterocycles. The van der Waals surface area contributed by atoms with E-state index >= 15 is 0 Å². The van der Waals surface area contributed by atoms with Crippen LogP contribution in [0.25, 0.3) is 16.8 Å². The normalized spacial score (nSPS) is 10.8. The lowest BCUT2D eigenvalue weighted by Crippen LogP contribution is -2.07. The van der Waals surface area contributed by atoms with Gasteiger partial charge in [-0.05, 0) is 18.2 Å². The van der Waals surface area contributed by atoms with Crippen LogP contribution in [0.4, 0.5) is 5.69 Å². The highest BCUT2D eigenvalue weighted by Crippen LogP contribution is 2.35. The monoisotopic (exact) mass is 481 g/mol. The van der Waals surface area contributed by atoms with Crippen LogP contribution < -0.4 is 24.3 Å². The topological polar surface area (TPSA) is 112 Å². The summed E-state index contributed by atoms with van der Waals surface area (Å²) in [6, 6.07) is 10.7. The SMILES string of the molecule is COC(=O)c1cc(OC)c(OC)cc1NC=C(C#N)c1nc(-c2ccc(OC)c(OC)c2)cs1. The molecule has 9 nitrogen and oxygen atoms in total. The summed E-state index contributed by atoms with van der Waals surface area (Å²) in [7, 11) is 7.37.